The van der Waals surface area contributed by atoms with Crippen molar-refractivity contribution in [3.05, 3.63) is 24.0 Å². The Hall–Kier alpha value is -0.800. The first-order valence-electron chi connectivity index (χ1n) is 4.71. The van der Waals surface area contributed by atoms with Crippen molar-refractivity contribution in [3.63, 3.8) is 0 Å². The number of nitrogens with zero attached hydrogens (tertiary/aromatic N) is 1. The van der Waals surface area contributed by atoms with Gasteiger partial charge in [-0.2, -0.15) is 0 Å². The van der Waals surface area contributed by atoms with Crippen molar-refractivity contribution in [1.82, 2.24) is 9.88 Å². The van der Waals surface area contributed by atoms with Crippen LogP contribution in [0.15, 0.2) is 18.5 Å². The topological polar surface area (TPSA) is 37.2 Å². The van der Waals surface area contributed by atoms with Crippen molar-refractivity contribution in [2.24, 2.45) is 7.05 Å². The molecule has 1 aromatic heterocycles. The second kappa shape index (κ2) is 3.16. The first kappa shape index (κ1) is 8.78. The molecule has 0 radical (unpaired) electrons. The summed E-state index contributed by atoms with van der Waals surface area (Å²) in [5, 5.41) is 12.5. The van der Waals surface area contributed by atoms with E-state index in [9.17, 15) is 0 Å². The number of nitrogens with one attached hydrogen (secondary N) is 1. The summed E-state index contributed by atoms with van der Waals surface area (Å²) in [5.74, 6) is 0. The monoisotopic (exact) mass is 180 g/mol. The highest BCUT2D eigenvalue weighted by molar-refractivity contribution is 5.12. The van der Waals surface area contributed by atoms with Crippen LogP contribution in [-0.4, -0.2) is 21.8 Å². The van der Waals surface area contributed by atoms with E-state index in [0.29, 0.717) is 0 Å². The number of hydrogen-bond donors (Lipinski definition) is 2. The quantitative estimate of drug-likeness (QED) is 0.713. The predicted molar refractivity (Wildman–Crippen MR) is 51.3 cm³/mol. The fourth-order valence-corrected chi connectivity index (χ4v) is 1.50. The minimum Gasteiger partial charge on any atom is -0.394 e. The van der Waals surface area contributed by atoms with Crippen molar-refractivity contribution >= 4 is 0 Å². The molecular formula is C10H16N2O. The largest absolute Gasteiger partial charge is 0.394 e. The van der Waals surface area contributed by atoms with E-state index in [1.807, 2.05) is 17.8 Å². The van der Waals surface area contributed by atoms with E-state index in [-0.39, 0.29) is 12.1 Å². The van der Waals surface area contributed by atoms with Crippen LogP contribution in [-0.2, 0) is 13.6 Å². The lowest BCUT2D eigenvalue weighted by Gasteiger charge is -2.12. The number of hydrogen-bond acceptors (Lipinski definition) is 2. The Morgan fingerprint density at radius 3 is 2.85 bits per heavy atom. The summed E-state index contributed by atoms with van der Waals surface area (Å²) in [6.45, 7) is 1.13. The lowest BCUT2D eigenvalue weighted by atomic mass is 10.2. The molecule has 1 heterocycles. The van der Waals surface area contributed by atoms with Gasteiger partial charge in [0.2, 0.25) is 0 Å². The Balaban J connectivity index is 1.86. The number of aromatic nitrogens is 1. The van der Waals surface area contributed by atoms with Crippen LogP contribution in [0, 0.1) is 0 Å². The molecule has 2 N–H and O–H groups in total. The Morgan fingerprint density at radius 2 is 2.38 bits per heavy atom. The summed E-state index contributed by atoms with van der Waals surface area (Å²) in [6.07, 6.45) is 6.35. The first-order valence-corrected chi connectivity index (χ1v) is 4.71. The molecule has 3 heteroatoms. The van der Waals surface area contributed by atoms with Crippen LogP contribution in [0.1, 0.15) is 18.4 Å². The van der Waals surface area contributed by atoms with Gasteiger partial charge in [-0.25, -0.2) is 0 Å². The van der Waals surface area contributed by atoms with Crippen molar-refractivity contribution < 1.29 is 5.11 Å². The molecule has 0 aromatic carbocycles. The number of aliphatic hydroxyl groups excluding tert-OH is 1. The minimum atomic E-state index is 0.0514. The lowest BCUT2D eigenvalue weighted by Crippen LogP contribution is -2.33. The summed E-state index contributed by atoms with van der Waals surface area (Å²) in [7, 11) is 2.02. The third kappa shape index (κ3) is 1.92. The summed E-state index contributed by atoms with van der Waals surface area (Å²) in [5.41, 5.74) is 1.33. The smallest absolute Gasteiger partial charge is 0.0613 e. The second-order valence-corrected chi connectivity index (χ2v) is 3.98. The molecule has 0 aliphatic heterocycles. The van der Waals surface area contributed by atoms with Gasteiger partial charge in [-0.05, 0) is 24.5 Å². The Bertz CT molecular complexity index is 289. The molecule has 1 aromatic rings. The molecule has 0 amide bonds. The highest BCUT2D eigenvalue weighted by atomic mass is 16.3. The van der Waals surface area contributed by atoms with Crippen LogP contribution in [0.5, 0.6) is 0 Å². The van der Waals surface area contributed by atoms with Gasteiger partial charge in [0.1, 0.15) is 0 Å². The van der Waals surface area contributed by atoms with E-state index in [1.54, 1.807) is 0 Å². The molecule has 0 atom stereocenters. The van der Waals surface area contributed by atoms with Crippen molar-refractivity contribution in [2.75, 3.05) is 6.61 Å². The molecule has 2 rings (SSSR count). The average molecular weight is 180 g/mol. The molecule has 1 fully saturated rings. The van der Waals surface area contributed by atoms with Crippen LogP contribution in [0.4, 0.5) is 0 Å². The highest BCUT2D eigenvalue weighted by Gasteiger charge is 2.41. The molecule has 72 valence electrons. The van der Waals surface area contributed by atoms with E-state index < -0.39 is 0 Å². The van der Waals surface area contributed by atoms with E-state index >= 15 is 0 Å². The molecule has 1 aliphatic carbocycles. The van der Waals surface area contributed by atoms with Crippen LogP contribution < -0.4 is 5.32 Å². The zero-order valence-corrected chi connectivity index (χ0v) is 7.95. The van der Waals surface area contributed by atoms with Crippen molar-refractivity contribution in [3.8, 4) is 0 Å². The van der Waals surface area contributed by atoms with E-state index in [1.165, 1.54) is 5.56 Å². The fraction of sp³-hybridized carbons (Fsp3) is 0.600. The maximum atomic E-state index is 9.07. The maximum Gasteiger partial charge on any atom is 0.0613 e. The van der Waals surface area contributed by atoms with Gasteiger partial charge in [-0.15, -0.1) is 0 Å². The number of rotatable bonds is 4. The Morgan fingerprint density at radius 1 is 1.62 bits per heavy atom. The third-order valence-electron chi connectivity index (χ3n) is 2.72. The molecule has 3 nitrogen and oxygen atoms in total. The van der Waals surface area contributed by atoms with Gasteiger partial charge >= 0.3 is 0 Å². The molecule has 0 bridgehead atoms. The van der Waals surface area contributed by atoms with E-state index in [4.69, 9.17) is 5.11 Å². The van der Waals surface area contributed by atoms with Gasteiger partial charge < -0.3 is 15.0 Å². The van der Waals surface area contributed by atoms with Crippen molar-refractivity contribution in [1.29, 1.82) is 0 Å². The van der Waals surface area contributed by atoms with Gasteiger partial charge in [-0.1, -0.05) is 0 Å². The summed E-state index contributed by atoms with van der Waals surface area (Å²) in [6, 6.07) is 2.10. The van der Waals surface area contributed by atoms with Gasteiger partial charge in [-0.3, -0.25) is 0 Å². The van der Waals surface area contributed by atoms with Gasteiger partial charge in [0.15, 0.2) is 0 Å². The van der Waals surface area contributed by atoms with Gasteiger partial charge in [0.25, 0.3) is 0 Å². The third-order valence-corrected chi connectivity index (χ3v) is 2.72. The summed E-state index contributed by atoms with van der Waals surface area (Å²) < 4.78 is 2.04. The van der Waals surface area contributed by atoms with Crippen LogP contribution in [0.25, 0.3) is 0 Å². The van der Waals surface area contributed by atoms with Crippen LogP contribution in [0.3, 0.4) is 0 Å². The van der Waals surface area contributed by atoms with Crippen molar-refractivity contribution in [2.45, 2.75) is 24.9 Å². The highest BCUT2D eigenvalue weighted by Crippen LogP contribution is 2.34. The number of aryl methyl sites for hydroxylation is 1. The van der Waals surface area contributed by atoms with E-state index in [2.05, 4.69) is 17.6 Å². The Labute approximate surface area is 78.4 Å². The zero-order chi connectivity index (χ0) is 9.31. The zero-order valence-electron chi connectivity index (χ0n) is 7.95. The van der Waals surface area contributed by atoms with Crippen LogP contribution in [0.2, 0.25) is 0 Å². The molecule has 13 heavy (non-hydrogen) atoms. The fourth-order valence-electron chi connectivity index (χ4n) is 1.50. The average Bonchev–Trinajstić information content (AvgIpc) is 2.81. The molecule has 0 saturated heterocycles. The Kier molecular flexibility index (Phi) is 2.14. The van der Waals surface area contributed by atoms with Crippen LogP contribution >= 0.6 is 0 Å². The predicted octanol–water partition coefficient (Wildman–Crippen LogP) is 0.640. The lowest BCUT2D eigenvalue weighted by molar-refractivity contribution is 0.229. The minimum absolute atomic E-state index is 0.0514. The maximum absolute atomic E-state index is 9.07. The molecule has 0 unspecified atom stereocenters. The second-order valence-electron chi connectivity index (χ2n) is 3.98. The molecular weight excluding hydrogens is 164 g/mol. The summed E-state index contributed by atoms with van der Waals surface area (Å²) >= 11 is 0. The summed E-state index contributed by atoms with van der Waals surface area (Å²) in [4.78, 5) is 0. The normalized spacial score (nSPS) is 18.9. The molecule has 1 saturated carbocycles. The first-order chi connectivity index (χ1) is 6.24. The van der Waals surface area contributed by atoms with Gasteiger partial charge in [0.05, 0.1) is 6.61 Å². The van der Waals surface area contributed by atoms with E-state index in [0.717, 1.165) is 19.4 Å². The molecule has 0 spiro atoms. The number of aliphatic hydroxyl groups is 1. The van der Waals surface area contributed by atoms with Gasteiger partial charge in [0, 0.05) is 31.5 Å². The standard InChI is InChI=1S/C10H16N2O/c1-12-5-2-9(7-12)6-11-10(8-13)3-4-10/h2,5,7,11,13H,3-4,6,8H2,1H3. The SMILES string of the molecule is Cn1ccc(CNC2(CO)CC2)c1. The molecule has 1 aliphatic rings.